The van der Waals surface area contributed by atoms with Gasteiger partial charge in [0.2, 0.25) is 0 Å². The summed E-state index contributed by atoms with van der Waals surface area (Å²) in [5.74, 6) is 1.01. The van der Waals surface area contributed by atoms with Crippen molar-refractivity contribution in [2.24, 2.45) is 5.41 Å². The largest absolute Gasteiger partial charge is 0.382 e. The zero-order valence-corrected chi connectivity index (χ0v) is 11.3. The molecule has 1 atom stereocenters. The Morgan fingerprint density at radius 1 is 1.41 bits per heavy atom. The summed E-state index contributed by atoms with van der Waals surface area (Å²) >= 11 is 0. The molecule has 0 radical (unpaired) electrons. The number of nitrogens with zero attached hydrogens (tertiary/aromatic N) is 1. The molecule has 0 saturated carbocycles. The van der Waals surface area contributed by atoms with Gasteiger partial charge in [0.05, 0.1) is 5.69 Å². The summed E-state index contributed by atoms with van der Waals surface area (Å²) in [6.45, 7) is 10.0. The monoisotopic (exact) mass is 233 g/mol. The van der Waals surface area contributed by atoms with E-state index in [4.69, 9.17) is 0 Å². The van der Waals surface area contributed by atoms with Crippen molar-refractivity contribution in [3.63, 3.8) is 0 Å². The molecule has 1 aromatic heterocycles. The van der Waals surface area contributed by atoms with Crippen LogP contribution in [0.1, 0.15) is 39.2 Å². The van der Waals surface area contributed by atoms with Gasteiger partial charge in [0, 0.05) is 18.8 Å². The van der Waals surface area contributed by atoms with E-state index in [1.807, 2.05) is 6.20 Å². The lowest BCUT2D eigenvalue weighted by atomic mass is 9.87. The summed E-state index contributed by atoms with van der Waals surface area (Å²) in [6, 6.07) is 2.57. The van der Waals surface area contributed by atoms with Crippen molar-refractivity contribution >= 4 is 11.5 Å². The molecule has 17 heavy (non-hydrogen) atoms. The first-order valence-electron chi connectivity index (χ1n) is 6.42. The van der Waals surface area contributed by atoms with E-state index in [9.17, 15) is 0 Å². The first kappa shape index (κ1) is 12.2. The van der Waals surface area contributed by atoms with Crippen LogP contribution in [0.2, 0.25) is 0 Å². The quantitative estimate of drug-likeness (QED) is 0.780. The summed E-state index contributed by atoms with van der Waals surface area (Å²) in [6.07, 6.45) is 4.19. The molecule has 0 fully saturated rings. The normalized spacial score (nSPS) is 19.9. The van der Waals surface area contributed by atoms with Gasteiger partial charge < -0.3 is 10.6 Å². The SMILES string of the molecule is Cc1ccnc2c1NCCC(CC(C)(C)C)N2. The molecule has 94 valence electrons. The highest BCUT2D eigenvalue weighted by atomic mass is 15.1. The molecule has 1 aliphatic rings. The summed E-state index contributed by atoms with van der Waals surface area (Å²) in [7, 11) is 0. The Kier molecular flexibility index (Phi) is 3.27. The predicted octanol–water partition coefficient (Wildman–Crippen LogP) is 3.42. The van der Waals surface area contributed by atoms with Crippen molar-refractivity contribution in [1.82, 2.24) is 4.98 Å². The highest BCUT2D eigenvalue weighted by Gasteiger charge is 2.22. The molecule has 1 aliphatic heterocycles. The maximum Gasteiger partial charge on any atom is 0.149 e. The molecule has 1 unspecified atom stereocenters. The van der Waals surface area contributed by atoms with E-state index < -0.39 is 0 Å². The van der Waals surface area contributed by atoms with E-state index in [1.54, 1.807) is 0 Å². The van der Waals surface area contributed by atoms with E-state index in [1.165, 1.54) is 17.7 Å². The lowest BCUT2D eigenvalue weighted by molar-refractivity contribution is 0.345. The van der Waals surface area contributed by atoms with Gasteiger partial charge in [0.1, 0.15) is 5.82 Å². The topological polar surface area (TPSA) is 37.0 Å². The van der Waals surface area contributed by atoms with Crippen LogP contribution in [-0.2, 0) is 0 Å². The summed E-state index contributed by atoms with van der Waals surface area (Å²) in [5, 5.41) is 7.07. The molecule has 0 aliphatic carbocycles. The minimum Gasteiger partial charge on any atom is -0.382 e. The second kappa shape index (κ2) is 4.55. The fourth-order valence-corrected chi connectivity index (χ4v) is 2.42. The van der Waals surface area contributed by atoms with E-state index in [-0.39, 0.29) is 0 Å². The number of hydrogen-bond acceptors (Lipinski definition) is 3. The minimum atomic E-state index is 0.353. The average Bonchev–Trinajstić information content (AvgIpc) is 2.38. The molecule has 0 amide bonds. The van der Waals surface area contributed by atoms with Crippen LogP contribution in [0, 0.1) is 12.3 Å². The highest BCUT2D eigenvalue weighted by Crippen LogP contribution is 2.30. The smallest absolute Gasteiger partial charge is 0.149 e. The van der Waals surface area contributed by atoms with Crippen molar-refractivity contribution in [3.8, 4) is 0 Å². The fraction of sp³-hybridized carbons (Fsp3) is 0.643. The first-order valence-corrected chi connectivity index (χ1v) is 6.42. The maximum atomic E-state index is 4.45. The molecular weight excluding hydrogens is 210 g/mol. The van der Waals surface area contributed by atoms with Gasteiger partial charge in [-0.05, 0) is 36.8 Å². The molecule has 2 rings (SSSR count). The number of aromatic nitrogens is 1. The zero-order valence-electron chi connectivity index (χ0n) is 11.3. The molecule has 1 aromatic rings. The minimum absolute atomic E-state index is 0.353. The molecule has 2 N–H and O–H groups in total. The van der Waals surface area contributed by atoms with Crippen LogP contribution < -0.4 is 10.6 Å². The number of hydrogen-bond donors (Lipinski definition) is 2. The van der Waals surface area contributed by atoms with Crippen LogP contribution in [0.4, 0.5) is 11.5 Å². The molecule has 0 saturated heterocycles. The third-order valence-corrected chi connectivity index (χ3v) is 3.15. The summed E-state index contributed by atoms with van der Waals surface area (Å²) in [5.41, 5.74) is 2.79. The Bertz CT molecular complexity index is 393. The lowest BCUT2D eigenvalue weighted by Gasteiger charge is -2.25. The van der Waals surface area contributed by atoms with Gasteiger partial charge in [-0.15, -0.1) is 0 Å². The molecule has 0 bridgehead atoms. The fourth-order valence-electron chi connectivity index (χ4n) is 2.42. The lowest BCUT2D eigenvalue weighted by Crippen LogP contribution is -2.26. The number of fused-ring (bicyclic) bond motifs is 1. The van der Waals surface area contributed by atoms with Crippen molar-refractivity contribution in [2.45, 2.75) is 46.6 Å². The summed E-state index contributed by atoms with van der Waals surface area (Å²) in [4.78, 5) is 4.45. The van der Waals surface area contributed by atoms with Crippen LogP contribution in [-0.4, -0.2) is 17.6 Å². The summed E-state index contributed by atoms with van der Waals surface area (Å²) < 4.78 is 0. The van der Waals surface area contributed by atoms with Crippen LogP contribution >= 0.6 is 0 Å². The molecule has 3 nitrogen and oxygen atoms in total. The van der Waals surface area contributed by atoms with Crippen molar-refractivity contribution in [2.75, 3.05) is 17.2 Å². The van der Waals surface area contributed by atoms with E-state index in [0.29, 0.717) is 11.5 Å². The van der Waals surface area contributed by atoms with Crippen LogP contribution in [0.15, 0.2) is 12.3 Å². The third-order valence-electron chi connectivity index (χ3n) is 3.15. The van der Waals surface area contributed by atoms with Crippen molar-refractivity contribution in [3.05, 3.63) is 17.8 Å². The number of pyridine rings is 1. The number of aryl methyl sites for hydroxylation is 1. The molecular formula is C14H23N3. The van der Waals surface area contributed by atoms with Gasteiger partial charge in [0.15, 0.2) is 0 Å². The first-order chi connectivity index (χ1) is 7.96. The predicted molar refractivity (Wildman–Crippen MR) is 73.6 cm³/mol. The Morgan fingerprint density at radius 3 is 2.88 bits per heavy atom. The third kappa shape index (κ3) is 3.11. The van der Waals surface area contributed by atoms with E-state index in [0.717, 1.165) is 18.8 Å². The van der Waals surface area contributed by atoms with Gasteiger partial charge in [-0.1, -0.05) is 20.8 Å². The van der Waals surface area contributed by atoms with Crippen molar-refractivity contribution in [1.29, 1.82) is 0 Å². The van der Waals surface area contributed by atoms with Crippen LogP contribution in [0.3, 0.4) is 0 Å². The Hall–Kier alpha value is -1.25. The highest BCUT2D eigenvalue weighted by molar-refractivity contribution is 5.69. The number of nitrogens with one attached hydrogen (secondary N) is 2. The average molecular weight is 233 g/mol. The van der Waals surface area contributed by atoms with Gasteiger partial charge in [-0.3, -0.25) is 0 Å². The van der Waals surface area contributed by atoms with Gasteiger partial charge >= 0.3 is 0 Å². The Balaban J connectivity index is 2.17. The molecule has 2 heterocycles. The van der Waals surface area contributed by atoms with Gasteiger partial charge in [0.25, 0.3) is 0 Å². The Morgan fingerprint density at radius 2 is 2.18 bits per heavy atom. The zero-order chi connectivity index (χ0) is 12.5. The van der Waals surface area contributed by atoms with Gasteiger partial charge in [-0.2, -0.15) is 0 Å². The van der Waals surface area contributed by atoms with E-state index in [2.05, 4.69) is 49.4 Å². The maximum absolute atomic E-state index is 4.45. The molecule has 0 aromatic carbocycles. The second-order valence-electron chi connectivity index (χ2n) is 6.17. The molecule has 3 heteroatoms. The second-order valence-corrected chi connectivity index (χ2v) is 6.17. The van der Waals surface area contributed by atoms with Gasteiger partial charge in [-0.25, -0.2) is 4.98 Å². The van der Waals surface area contributed by atoms with Crippen molar-refractivity contribution < 1.29 is 0 Å². The molecule has 0 spiro atoms. The Labute approximate surface area is 104 Å². The number of rotatable bonds is 1. The standard InChI is InChI=1S/C14H23N3/c1-10-5-7-16-13-12(10)15-8-6-11(17-13)9-14(2,3)4/h5,7,11,15H,6,8-9H2,1-4H3,(H,16,17). The van der Waals surface area contributed by atoms with E-state index >= 15 is 0 Å². The van der Waals surface area contributed by atoms with Crippen LogP contribution in [0.5, 0.6) is 0 Å². The van der Waals surface area contributed by atoms with Crippen LogP contribution in [0.25, 0.3) is 0 Å². The number of anilines is 2.